The number of para-hydroxylation sites is 1. The Bertz CT molecular complexity index is 1340. The quantitative estimate of drug-likeness (QED) is 0.147. The lowest BCUT2D eigenvalue weighted by Crippen LogP contribution is -2.34. The fourth-order valence-corrected chi connectivity index (χ4v) is 6.60. The summed E-state index contributed by atoms with van der Waals surface area (Å²) in [5.74, 6) is 1.27. The van der Waals surface area contributed by atoms with E-state index in [0.717, 1.165) is 43.5 Å². The van der Waals surface area contributed by atoms with E-state index in [-0.39, 0.29) is 0 Å². The van der Waals surface area contributed by atoms with Gasteiger partial charge in [-0.15, -0.1) is 0 Å². The number of rotatable bonds is 12. The monoisotopic (exact) mass is 561 g/mol. The van der Waals surface area contributed by atoms with E-state index in [4.69, 9.17) is 0 Å². The Morgan fingerprint density at radius 3 is 2.59 bits per heavy atom. The van der Waals surface area contributed by atoms with Crippen molar-refractivity contribution in [3.05, 3.63) is 114 Å². The topological polar surface area (TPSA) is 30.3 Å². The molecule has 0 saturated carbocycles. The smallest absolute Gasteiger partial charge is 0.0998 e. The maximum Gasteiger partial charge on any atom is 0.0998 e. The first-order valence-electron chi connectivity index (χ1n) is 15.3. The van der Waals surface area contributed by atoms with Crippen LogP contribution in [0.3, 0.4) is 0 Å². The van der Waals surface area contributed by atoms with Crippen LogP contribution in [0, 0.1) is 11.3 Å². The Hall–Kier alpha value is -3.42. The van der Waals surface area contributed by atoms with Gasteiger partial charge < -0.3 is 9.80 Å². The molecule has 41 heavy (non-hydrogen) atoms. The maximum atomic E-state index is 10.0. The lowest BCUT2D eigenvalue weighted by atomic mass is 9.94. The molecular weight excluding hydrogens is 518 g/mol. The number of allylic oxidation sites excluding steroid dienone is 7. The standard InChI is InChI=1S/C37H43N3S/c1-41-26-10-4-9-24-39-25-23-33(29-39)31-17-19-32(20-18-31)34(28-38)27-30-15-21-37(22-16-30)40(35-11-5-2-6-12-35)36-13-7-3-8-14-36/h2,5-7,11-13,15,17-21,27,29,36H,3-4,8-10,14,16,22-26H2,1H3/b34-27+. The Labute approximate surface area is 251 Å². The number of nitrogens with zero attached hydrogens (tertiary/aromatic N) is 3. The van der Waals surface area contributed by atoms with Gasteiger partial charge >= 0.3 is 0 Å². The molecule has 0 fully saturated rings. The lowest BCUT2D eigenvalue weighted by molar-refractivity contribution is 0.392. The highest BCUT2D eigenvalue weighted by molar-refractivity contribution is 7.98. The van der Waals surface area contributed by atoms with E-state index < -0.39 is 0 Å². The predicted molar refractivity (Wildman–Crippen MR) is 178 cm³/mol. The van der Waals surface area contributed by atoms with Crippen LogP contribution >= 0.6 is 11.8 Å². The summed E-state index contributed by atoms with van der Waals surface area (Å²) in [6.07, 6.45) is 26.3. The van der Waals surface area contributed by atoms with Gasteiger partial charge in [0.2, 0.25) is 0 Å². The van der Waals surface area contributed by atoms with E-state index >= 15 is 0 Å². The van der Waals surface area contributed by atoms with Crippen molar-refractivity contribution in [2.24, 2.45) is 0 Å². The number of nitriles is 1. The van der Waals surface area contributed by atoms with Crippen LogP contribution in [0.5, 0.6) is 0 Å². The number of thioether (sulfide) groups is 1. The fraction of sp³-hybridized carbons (Fsp3) is 0.378. The summed E-state index contributed by atoms with van der Waals surface area (Å²) in [5.41, 5.74) is 8.24. The zero-order valence-corrected chi connectivity index (χ0v) is 25.3. The van der Waals surface area contributed by atoms with Gasteiger partial charge in [-0.05, 0) is 110 Å². The molecule has 1 aliphatic heterocycles. The number of hydrogen-bond acceptors (Lipinski definition) is 4. The molecule has 212 valence electrons. The van der Waals surface area contributed by atoms with Crippen LogP contribution in [-0.4, -0.2) is 36.0 Å². The molecule has 0 spiro atoms. The van der Waals surface area contributed by atoms with Crippen molar-refractivity contribution in [3.63, 3.8) is 0 Å². The second-order valence-electron chi connectivity index (χ2n) is 11.3. The summed E-state index contributed by atoms with van der Waals surface area (Å²) in [6, 6.07) is 22.3. The first-order chi connectivity index (χ1) is 20.2. The van der Waals surface area contributed by atoms with Crippen LogP contribution < -0.4 is 4.90 Å². The summed E-state index contributed by atoms with van der Waals surface area (Å²) >= 11 is 1.94. The average molecular weight is 562 g/mol. The van der Waals surface area contributed by atoms with Crippen LogP contribution in [-0.2, 0) is 0 Å². The molecule has 5 rings (SSSR count). The molecule has 1 atom stereocenters. The van der Waals surface area contributed by atoms with Crippen LogP contribution in [0.4, 0.5) is 5.69 Å². The van der Waals surface area contributed by atoms with Crippen LogP contribution in [0.1, 0.15) is 68.9 Å². The molecule has 1 unspecified atom stereocenters. The third-order valence-electron chi connectivity index (χ3n) is 8.38. The fourth-order valence-electron chi connectivity index (χ4n) is 6.11. The van der Waals surface area contributed by atoms with Crippen molar-refractivity contribution in [2.75, 3.05) is 30.0 Å². The van der Waals surface area contributed by atoms with Gasteiger partial charge in [-0.2, -0.15) is 17.0 Å². The van der Waals surface area contributed by atoms with Gasteiger partial charge in [0.25, 0.3) is 0 Å². The Morgan fingerprint density at radius 1 is 1.02 bits per heavy atom. The highest BCUT2D eigenvalue weighted by Gasteiger charge is 2.23. The predicted octanol–water partition coefficient (Wildman–Crippen LogP) is 9.39. The van der Waals surface area contributed by atoms with Gasteiger partial charge in [0.1, 0.15) is 0 Å². The van der Waals surface area contributed by atoms with E-state index in [2.05, 4.69) is 113 Å². The van der Waals surface area contributed by atoms with E-state index in [1.165, 1.54) is 72.4 Å². The first-order valence-corrected chi connectivity index (χ1v) is 16.7. The SMILES string of the molecule is CSCCCCCN1C=C(c2ccc(/C(C#N)=C/C3=CC=C(N(c4ccccc4)C4C=CCCC4)CC3)cc2)CC1. The molecule has 4 heteroatoms. The average Bonchev–Trinajstić information content (AvgIpc) is 3.51. The van der Waals surface area contributed by atoms with E-state index in [1.54, 1.807) is 0 Å². The number of unbranched alkanes of at least 4 members (excludes halogenated alkanes) is 2. The molecule has 0 saturated heterocycles. The third-order valence-corrected chi connectivity index (χ3v) is 9.08. The minimum absolute atomic E-state index is 0.406. The maximum absolute atomic E-state index is 10.0. The van der Waals surface area contributed by atoms with Gasteiger partial charge in [-0.25, -0.2) is 0 Å². The minimum atomic E-state index is 0.406. The highest BCUT2D eigenvalue weighted by atomic mass is 32.2. The molecule has 0 N–H and O–H groups in total. The van der Waals surface area contributed by atoms with Gasteiger partial charge in [0.15, 0.2) is 0 Å². The third kappa shape index (κ3) is 7.86. The van der Waals surface area contributed by atoms with Crippen molar-refractivity contribution in [1.82, 2.24) is 4.90 Å². The summed E-state index contributed by atoms with van der Waals surface area (Å²) in [5, 5.41) is 10.0. The zero-order chi connectivity index (χ0) is 28.3. The second-order valence-corrected chi connectivity index (χ2v) is 12.3. The molecule has 2 aromatic rings. The number of benzene rings is 2. The molecule has 3 nitrogen and oxygen atoms in total. The van der Waals surface area contributed by atoms with Crippen molar-refractivity contribution in [1.29, 1.82) is 5.26 Å². The molecule has 0 amide bonds. The van der Waals surface area contributed by atoms with E-state index in [0.29, 0.717) is 6.04 Å². The molecular formula is C37H43N3S. The molecule has 0 bridgehead atoms. The van der Waals surface area contributed by atoms with Gasteiger partial charge in [0, 0.05) is 30.7 Å². The van der Waals surface area contributed by atoms with Crippen LogP contribution in [0.25, 0.3) is 11.1 Å². The zero-order valence-electron chi connectivity index (χ0n) is 24.5. The summed E-state index contributed by atoms with van der Waals surface area (Å²) in [6.45, 7) is 2.27. The van der Waals surface area contributed by atoms with Crippen molar-refractivity contribution >= 4 is 28.6 Å². The van der Waals surface area contributed by atoms with E-state index in [1.807, 2.05) is 11.8 Å². The van der Waals surface area contributed by atoms with Gasteiger partial charge in [-0.3, -0.25) is 0 Å². The van der Waals surface area contributed by atoms with Crippen molar-refractivity contribution in [3.8, 4) is 6.07 Å². The van der Waals surface area contributed by atoms with Crippen LogP contribution in [0.15, 0.2) is 102 Å². The minimum Gasteiger partial charge on any atom is -0.377 e. The molecule has 2 aromatic carbocycles. The number of hydrogen-bond donors (Lipinski definition) is 0. The highest BCUT2D eigenvalue weighted by Crippen LogP contribution is 2.33. The lowest BCUT2D eigenvalue weighted by Gasteiger charge is -2.36. The Kier molecular flexibility index (Phi) is 10.6. The number of anilines is 1. The van der Waals surface area contributed by atoms with Gasteiger partial charge in [0.05, 0.1) is 17.7 Å². The summed E-state index contributed by atoms with van der Waals surface area (Å²) in [7, 11) is 0. The van der Waals surface area contributed by atoms with Crippen molar-refractivity contribution < 1.29 is 0 Å². The normalized spacial score (nSPS) is 18.9. The van der Waals surface area contributed by atoms with E-state index in [9.17, 15) is 5.26 Å². The Morgan fingerprint density at radius 2 is 1.88 bits per heavy atom. The van der Waals surface area contributed by atoms with Crippen LogP contribution in [0.2, 0.25) is 0 Å². The molecule has 2 aliphatic carbocycles. The van der Waals surface area contributed by atoms with Gasteiger partial charge in [-0.1, -0.05) is 67.1 Å². The largest absolute Gasteiger partial charge is 0.377 e. The first kappa shape index (κ1) is 29.1. The second kappa shape index (κ2) is 15.0. The summed E-state index contributed by atoms with van der Waals surface area (Å²) < 4.78 is 0. The molecule has 0 radical (unpaired) electrons. The molecule has 0 aromatic heterocycles. The molecule has 1 heterocycles. The molecule has 3 aliphatic rings. The Balaban J connectivity index is 1.26. The van der Waals surface area contributed by atoms with Crippen molar-refractivity contribution in [2.45, 2.75) is 63.8 Å². The summed E-state index contributed by atoms with van der Waals surface area (Å²) in [4.78, 5) is 4.99.